The zero-order valence-corrected chi connectivity index (χ0v) is 12.2. The van der Waals surface area contributed by atoms with E-state index in [1.807, 2.05) is 60.7 Å². The number of fused-ring (bicyclic) bond motifs is 1. The molecule has 0 aromatic heterocycles. The van der Waals surface area contributed by atoms with Gasteiger partial charge in [0.2, 0.25) is 0 Å². The molecule has 0 N–H and O–H groups in total. The highest BCUT2D eigenvalue weighted by Gasteiger charge is 2.12. The molecule has 0 aliphatic heterocycles. The summed E-state index contributed by atoms with van der Waals surface area (Å²) < 4.78 is 12.4. The second-order valence-corrected chi connectivity index (χ2v) is 6.24. The van der Waals surface area contributed by atoms with E-state index in [1.165, 1.54) is 0 Å². The van der Waals surface area contributed by atoms with E-state index in [1.54, 1.807) is 12.1 Å². The van der Waals surface area contributed by atoms with Gasteiger partial charge >= 0.3 is 0 Å². The predicted octanol–water partition coefficient (Wildman–Crippen LogP) is 3.83. The molecule has 0 saturated heterocycles. The van der Waals surface area contributed by atoms with Crippen molar-refractivity contribution in [2.45, 2.75) is 4.90 Å². The van der Waals surface area contributed by atoms with E-state index >= 15 is 0 Å². The first kappa shape index (κ1) is 13.7. The van der Waals surface area contributed by atoms with Crippen molar-refractivity contribution in [2.24, 2.45) is 0 Å². The largest absolute Gasteiger partial charge is 0.293 e. The van der Waals surface area contributed by atoms with Gasteiger partial charge in [0.1, 0.15) is 0 Å². The molecule has 3 aromatic rings. The third kappa shape index (κ3) is 3.09. The summed E-state index contributed by atoms with van der Waals surface area (Å²) in [5.74, 6) is -0.0791. The van der Waals surface area contributed by atoms with Gasteiger partial charge in [0.15, 0.2) is 5.78 Å². The molecule has 3 rings (SSSR count). The van der Waals surface area contributed by atoms with Crippen LogP contribution in [0.2, 0.25) is 0 Å². The van der Waals surface area contributed by atoms with E-state index in [-0.39, 0.29) is 11.5 Å². The number of ketones is 1. The minimum Gasteiger partial charge on any atom is -0.293 e. The monoisotopic (exact) mass is 294 g/mol. The average Bonchev–Trinajstić information content (AvgIpc) is 2.55. The Balaban J connectivity index is 1.82. The van der Waals surface area contributed by atoms with Crippen LogP contribution in [0.3, 0.4) is 0 Å². The molecule has 0 fully saturated rings. The van der Waals surface area contributed by atoms with E-state index in [9.17, 15) is 9.00 Å². The molecule has 104 valence electrons. The standard InChI is InChI=1S/C18H14O2S/c19-18(15-7-2-1-3-8-15)13-21(20)17-11-10-14-6-4-5-9-16(14)12-17/h1-12H,13H2/t21-/m1/s1. The van der Waals surface area contributed by atoms with Crippen molar-refractivity contribution in [1.29, 1.82) is 0 Å². The first-order chi connectivity index (χ1) is 10.2. The maximum absolute atomic E-state index is 12.4. The van der Waals surface area contributed by atoms with Gasteiger partial charge in [-0.2, -0.15) is 0 Å². The van der Waals surface area contributed by atoms with Crippen LogP contribution in [0.15, 0.2) is 77.7 Å². The van der Waals surface area contributed by atoms with Gasteiger partial charge in [-0.1, -0.05) is 60.7 Å². The molecule has 0 aliphatic carbocycles. The lowest BCUT2D eigenvalue weighted by Gasteiger charge is -2.04. The molecule has 0 unspecified atom stereocenters. The molecule has 21 heavy (non-hydrogen) atoms. The van der Waals surface area contributed by atoms with Crippen LogP contribution in [0.1, 0.15) is 10.4 Å². The third-order valence-electron chi connectivity index (χ3n) is 3.34. The summed E-state index contributed by atoms with van der Waals surface area (Å²) in [5.41, 5.74) is 0.603. The quantitative estimate of drug-likeness (QED) is 0.685. The lowest BCUT2D eigenvalue weighted by Crippen LogP contribution is -2.10. The van der Waals surface area contributed by atoms with Gasteiger partial charge in [0, 0.05) is 10.5 Å². The van der Waals surface area contributed by atoms with Gasteiger partial charge in [0.25, 0.3) is 0 Å². The minimum atomic E-state index is -1.32. The zero-order chi connectivity index (χ0) is 14.7. The molecular formula is C18H14O2S. The van der Waals surface area contributed by atoms with E-state index in [0.29, 0.717) is 10.5 Å². The molecule has 3 aromatic carbocycles. The number of Topliss-reactive ketones (excluding diaryl/α,β-unsaturated/α-hetero) is 1. The summed E-state index contributed by atoms with van der Waals surface area (Å²) in [7, 11) is -1.32. The predicted molar refractivity (Wildman–Crippen MR) is 86.0 cm³/mol. The van der Waals surface area contributed by atoms with Crippen molar-refractivity contribution in [2.75, 3.05) is 5.75 Å². The average molecular weight is 294 g/mol. The third-order valence-corrected chi connectivity index (χ3v) is 4.65. The number of carbonyl (C=O) groups is 1. The SMILES string of the molecule is O=C(C[S@@](=O)c1ccc2ccccc2c1)c1ccccc1. The Hall–Kier alpha value is -2.26. The van der Waals surface area contributed by atoms with E-state index < -0.39 is 10.8 Å². The lowest BCUT2D eigenvalue weighted by molar-refractivity contribution is 0.102. The molecule has 0 radical (unpaired) electrons. The molecule has 0 saturated carbocycles. The van der Waals surface area contributed by atoms with Crippen LogP contribution in [-0.2, 0) is 10.8 Å². The van der Waals surface area contributed by atoms with E-state index in [0.717, 1.165) is 10.8 Å². The van der Waals surface area contributed by atoms with Crippen LogP contribution in [-0.4, -0.2) is 15.7 Å². The number of hydrogen-bond acceptors (Lipinski definition) is 2. The topological polar surface area (TPSA) is 34.1 Å². The normalized spacial score (nSPS) is 12.2. The van der Waals surface area contributed by atoms with Gasteiger partial charge in [-0.25, -0.2) is 0 Å². The molecule has 0 amide bonds. The van der Waals surface area contributed by atoms with Crippen molar-refractivity contribution in [3.8, 4) is 0 Å². The molecular weight excluding hydrogens is 280 g/mol. The summed E-state index contributed by atoms with van der Waals surface area (Å²) in [4.78, 5) is 12.8. The lowest BCUT2D eigenvalue weighted by atomic mass is 10.1. The highest BCUT2D eigenvalue weighted by atomic mass is 32.2. The van der Waals surface area contributed by atoms with E-state index in [4.69, 9.17) is 0 Å². The van der Waals surface area contributed by atoms with Crippen molar-refractivity contribution < 1.29 is 9.00 Å². The second kappa shape index (κ2) is 6.02. The van der Waals surface area contributed by atoms with Gasteiger partial charge in [0.05, 0.1) is 16.6 Å². The molecule has 0 spiro atoms. The highest BCUT2D eigenvalue weighted by molar-refractivity contribution is 7.85. The van der Waals surface area contributed by atoms with Crippen molar-refractivity contribution >= 4 is 27.4 Å². The molecule has 3 heteroatoms. The van der Waals surface area contributed by atoms with Crippen molar-refractivity contribution in [3.05, 3.63) is 78.4 Å². The second-order valence-electron chi connectivity index (χ2n) is 4.79. The molecule has 1 atom stereocenters. The fourth-order valence-electron chi connectivity index (χ4n) is 2.22. The summed E-state index contributed by atoms with van der Waals surface area (Å²) >= 11 is 0. The highest BCUT2D eigenvalue weighted by Crippen LogP contribution is 2.18. The fraction of sp³-hybridized carbons (Fsp3) is 0.0556. The molecule has 0 bridgehead atoms. The number of hydrogen-bond donors (Lipinski definition) is 0. The Morgan fingerprint density at radius 1 is 0.810 bits per heavy atom. The van der Waals surface area contributed by atoms with Crippen LogP contribution in [0.25, 0.3) is 10.8 Å². The fourth-order valence-corrected chi connectivity index (χ4v) is 3.27. The number of rotatable bonds is 4. The summed E-state index contributed by atoms with van der Waals surface area (Å²) in [6, 6.07) is 22.6. The van der Waals surface area contributed by atoms with Gasteiger partial charge < -0.3 is 0 Å². The summed E-state index contributed by atoms with van der Waals surface area (Å²) in [5, 5.41) is 2.14. The molecule has 0 aliphatic rings. The van der Waals surface area contributed by atoms with Crippen LogP contribution < -0.4 is 0 Å². The van der Waals surface area contributed by atoms with Crippen LogP contribution in [0.4, 0.5) is 0 Å². The van der Waals surface area contributed by atoms with Crippen LogP contribution in [0, 0.1) is 0 Å². The smallest absolute Gasteiger partial charge is 0.175 e. The van der Waals surface area contributed by atoms with Crippen molar-refractivity contribution in [1.82, 2.24) is 0 Å². The summed E-state index contributed by atoms with van der Waals surface area (Å²) in [6.45, 7) is 0. The first-order valence-electron chi connectivity index (χ1n) is 6.69. The van der Waals surface area contributed by atoms with Crippen LogP contribution in [0.5, 0.6) is 0 Å². The Morgan fingerprint density at radius 2 is 1.48 bits per heavy atom. The van der Waals surface area contributed by atoms with Gasteiger partial charge in [-0.05, 0) is 22.9 Å². The maximum atomic E-state index is 12.4. The number of carbonyl (C=O) groups excluding carboxylic acids is 1. The Morgan fingerprint density at radius 3 is 2.24 bits per heavy atom. The minimum absolute atomic E-state index is 0.0162. The van der Waals surface area contributed by atoms with E-state index in [2.05, 4.69) is 0 Å². The van der Waals surface area contributed by atoms with Gasteiger partial charge in [-0.3, -0.25) is 9.00 Å². The maximum Gasteiger partial charge on any atom is 0.175 e. The van der Waals surface area contributed by atoms with Crippen molar-refractivity contribution in [3.63, 3.8) is 0 Å². The molecule has 2 nitrogen and oxygen atoms in total. The Kier molecular flexibility index (Phi) is 3.93. The van der Waals surface area contributed by atoms with Crippen LogP contribution >= 0.6 is 0 Å². The zero-order valence-electron chi connectivity index (χ0n) is 11.4. The van der Waals surface area contributed by atoms with Gasteiger partial charge in [-0.15, -0.1) is 0 Å². The molecule has 0 heterocycles. The Labute approximate surface area is 125 Å². The number of benzene rings is 3. The summed E-state index contributed by atoms with van der Waals surface area (Å²) in [6.07, 6.45) is 0. The Bertz CT molecular complexity index is 810. The first-order valence-corrected chi connectivity index (χ1v) is 8.01.